The van der Waals surface area contributed by atoms with Gasteiger partial charge in [-0.3, -0.25) is 4.79 Å². The molecule has 0 aromatic carbocycles. The number of rotatable bonds is 12. The smallest absolute Gasteiger partial charge is 0.219 e. The van der Waals surface area contributed by atoms with Crippen LogP contribution in [0.1, 0.15) is 32.1 Å². The van der Waals surface area contributed by atoms with E-state index in [9.17, 15) is 4.79 Å². The van der Waals surface area contributed by atoms with Crippen LogP contribution in [0.4, 0.5) is 0 Å². The molecule has 1 amide bonds. The zero-order valence-electron chi connectivity index (χ0n) is 16.4. The van der Waals surface area contributed by atoms with Gasteiger partial charge < -0.3 is 26.7 Å². The van der Waals surface area contributed by atoms with Gasteiger partial charge in [-0.25, -0.2) is 0 Å². The second kappa shape index (κ2) is 12.5. The number of halogens is 1. The maximum Gasteiger partial charge on any atom is 0.219 e. The molecule has 0 spiro atoms. The molecule has 7 heteroatoms. The van der Waals surface area contributed by atoms with E-state index in [0.717, 1.165) is 31.9 Å². The van der Waals surface area contributed by atoms with Crippen molar-refractivity contribution >= 4 is 22.5 Å². The summed E-state index contributed by atoms with van der Waals surface area (Å²) in [6.07, 6.45) is 5.10. The van der Waals surface area contributed by atoms with E-state index >= 15 is 0 Å². The van der Waals surface area contributed by atoms with Crippen LogP contribution in [0, 0.1) is 0 Å². The fraction of sp³-hybridized carbons (Fsp3) is 0.938. The Labute approximate surface area is 152 Å². The highest BCUT2D eigenvalue weighted by atomic mass is 35.5. The summed E-state index contributed by atoms with van der Waals surface area (Å²) in [5, 5.41) is 3.05. The molecule has 0 radical (unpaired) electrons. The summed E-state index contributed by atoms with van der Waals surface area (Å²) in [6, 6.07) is 1.13. The zero-order valence-corrected chi connectivity index (χ0v) is 19.1. The van der Waals surface area contributed by atoms with Gasteiger partial charge in [-0.2, -0.15) is 0 Å². The van der Waals surface area contributed by atoms with Crippen LogP contribution < -0.4 is 22.6 Å². The minimum atomic E-state index is -1.55. The molecule has 4 nitrogen and oxygen atoms in total. The fourth-order valence-corrected chi connectivity index (χ4v) is 10.7. The number of carbonyl (C=O) groups is 1. The van der Waals surface area contributed by atoms with E-state index in [4.69, 9.17) is 4.12 Å². The molecular formula is C16H39ClN2O2Si2. The molecule has 0 rings (SSSR count). The quantitative estimate of drug-likeness (QED) is 0.345. The highest BCUT2D eigenvalue weighted by Gasteiger charge is 2.28. The van der Waals surface area contributed by atoms with Crippen molar-refractivity contribution in [3.63, 3.8) is 0 Å². The van der Waals surface area contributed by atoms with E-state index in [1.165, 1.54) is 17.9 Å². The van der Waals surface area contributed by atoms with Gasteiger partial charge in [0.15, 0.2) is 16.6 Å². The first kappa shape index (κ1) is 25.4. The largest absolute Gasteiger partial charge is 1.00 e. The van der Waals surface area contributed by atoms with E-state index in [1.54, 1.807) is 0 Å². The lowest BCUT2D eigenvalue weighted by molar-refractivity contribution is -0.858. The molecule has 23 heavy (non-hydrogen) atoms. The van der Waals surface area contributed by atoms with Gasteiger partial charge in [0.1, 0.15) is 0 Å². The van der Waals surface area contributed by atoms with Crippen LogP contribution in [0.15, 0.2) is 0 Å². The van der Waals surface area contributed by atoms with Crippen molar-refractivity contribution in [3.05, 3.63) is 0 Å². The molecule has 0 fully saturated rings. The monoisotopic (exact) mass is 382 g/mol. The summed E-state index contributed by atoms with van der Waals surface area (Å²) < 4.78 is 6.31. The standard InChI is InChI=1S/C16H38N2O2Si2.ClH/c1-18(2)14-10-8-9-12-16(19)17-13-11-15-22(6,7)20-21(3,4)5;/h8-15H2,1-7H3,(H,17,19);1H. The third-order valence-electron chi connectivity index (χ3n) is 3.44. The minimum absolute atomic E-state index is 0. The average molecular weight is 383 g/mol. The Hall–Kier alpha value is 0.114. The normalized spacial score (nSPS) is 12.2. The molecule has 0 unspecified atom stereocenters. The van der Waals surface area contributed by atoms with Crippen LogP contribution in [-0.2, 0) is 8.91 Å². The van der Waals surface area contributed by atoms with Gasteiger partial charge in [0.2, 0.25) is 5.91 Å². The maximum absolute atomic E-state index is 11.8. The van der Waals surface area contributed by atoms with Crippen LogP contribution in [0.5, 0.6) is 0 Å². The predicted octanol–water partition coefficient (Wildman–Crippen LogP) is -0.742. The number of unbranched alkanes of at least 4 members (excludes halogenated alkanes) is 2. The Balaban J connectivity index is 0. The van der Waals surface area contributed by atoms with Crippen LogP contribution in [-0.4, -0.2) is 49.7 Å². The number of nitrogens with one attached hydrogen (secondary N) is 2. The second-order valence-corrected chi connectivity index (χ2v) is 17.3. The summed E-state index contributed by atoms with van der Waals surface area (Å²) >= 11 is 0. The van der Waals surface area contributed by atoms with E-state index in [2.05, 4.69) is 52.1 Å². The first-order valence-electron chi connectivity index (χ1n) is 8.78. The molecule has 0 saturated carbocycles. The molecule has 0 aromatic heterocycles. The van der Waals surface area contributed by atoms with Crippen molar-refractivity contribution in [2.75, 3.05) is 27.2 Å². The highest BCUT2D eigenvalue weighted by molar-refractivity contribution is 6.84. The first-order chi connectivity index (χ1) is 10.0. The van der Waals surface area contributed by atoms with Crippen molar-refractivity contribution in [1.29, 1.82) is 0 Å². The van der Waals surface area contributed by atoms with Crippen LogP contribution in [0.2, 0.25) is 38.8 Å². The van der Waals surface area contributed by atoms with E-state index in [1.807, 2.05) is 0 Å². The third-order valence-corrected chi connectivity index (χ3v) is 9.66. The molecule has 0 aliphatic carbocycles. The number of hydrogen-bond donors (Lipinski definition) is 2. The lowest BCUT2D eigenvalue weighted by atomic mass is 10.2. The summed E-state index contributed by atoms with van der Waals surface area (Å²) in [7, 11) is 1.35. The molecular weight excluding hydrogens is 344 g/mol. The minimum Gasteiger partial charge on any atom is -1.00 e. The van der Waals surface area contributed by atoms with Crippen molar-refractivity contribution in [2.45, 2.75) is 70.9 Å². The van der Waals surface area contributed by atoms with Crippen molar-refractivity contribution in [3.8, 4) is 0 Å². The van der Waals surface area contributed by atoms with Gasteiger partial charge in [0.25, 0.3) is 0 Å². The Bertz CT molecular complexity index is 322. The van der Waals surface area contributed by atoms with Gasteiger partial charge in [-0.15, -0.1) is 0 Å². The lowest BCUT2D eigenvalue weighted by Gasteiger charge is -2.31. The molecule has 140 valence electrons. The summed E-state index contributed by atoms with van der Waals surface area (Å²) in [5.74, 6) is 0.211. The van der Waals surface area contributed by atoms with Gasteiger partial charge in [-0.05, 0) is 64.5 Å². The summed E-state index contributed by atoms with van der Waals surface area (Å²) in [4.78, 5) is 13.2. The topological polar surface area (TPSA) is 42.8 Å². The van der Waals surface area contributed by atoms with Crippen LogP contribution >= 0.6 is 0 Å². The van der Waals surface area contributed by atoms with E-state index < -0.39 is 16.6 Å². The van der Waals surface area contributed by atoms with Crippen molar-refractivity contribution in [1.82, 2.24) is 5.32 Å². The van der Waals surface area contributed by atoms with Crippen molar-refractivity contribution in [2.24, 2.45) is 0 Å². The Morgan fingerprint density at radius 3 is 2.13 bits per heavy atom. The van der Waals surface area contributed by atoms with E-state index in [0.29, 0.717) is 6.42 Å². The molecule has 0 atom stereocenters. The number of carbonyl (C=O) groups excluding carboxylic acids is 1. The molecule has 0 saturated heterocycles. The van der Waals surface area contributed by atoms with Gasteiger partial charge in [0, 0.05) is 13.0 Å². The highest BCUT2D eigenvalue weighted by Crippen LogP contribution is 2.19. The van der Waals surface area contributed by atoms with Crippen molar-refractivity contribution < 1.29 is 26.2 Å². The second-order valence-electron chi connectivity index (χ2n) is 8.20. The van der Waals surface area contributed by atoms with E-state index in [-0.39, 0.29) is 18.3 Å². The predicted molar refractivity (Wildman–Crippen MR) is 100 cm³/mol. The molecule has 0 bridgehead atoms. The fourth-order valence-electron chi connectivity index (χ4n) is 2.65. The van der Waals surface area contributed by atoms with Gasteiger partial charge in [0.05, 0.1) is 20.6 Å². The molecule has 0 aliphatic heterocycles. The zero-order chi connectivity index (χ0) is 17.2. The SMILES string of the molecule is C[NH+](C)CCCCCC(=O)NCCC[Si](C)(C)O[Si](C)(C)C.[Cl-]. The van der Waals surface area contributed by atoms with Gasteiger partial charge in [-0.1, -0.05) is 0 Å². The van der Waals surface area contributed by atoms with Gasteiger partial charge >= 0.3 is 0 Å². The number of amides is 1. The van der Waals surface area contributed by atoms with Crippen LogP contribution in [0.25, 0.3) is 0 Å². The third kappa shape index (κ3) is 18.3. The number of hydrogen-bond acceptors (Lipinski definition) is 2. The van der Waals surface area contributed by atoms with Crippen LogP contribution in [0.3, 0.4) is 0 Å². The molecule has 0 aliphatic rings. The molecule has 0 aromatic rings. The average Bonchev–Trinajstić information content (AvgIpc) is 2.31. The Kier molecular flexibility index (Phi) is 13.7. The lowest BCUT2D eigenvalue weighted by Crippen LogP contribution is -3.05. The molecule has 2 N–H and O–H groups in total. The Morgan fingerprint density at radius 1 is 1.00 bits per heavy atom. The Morgan fingerprint density at radius 2 is 1.61 bits per heavy atom. The summed E-state index contributed by atoms with van der Waals surface area (Å²) in [6.45, 7) is 13.3. The first-order valence-corrected chi connectivity index (χ1v) is 15.3. The summed E-state index contributed by atoms with van der Waals surface area (Å²) in [5.41, 5.74) is 0. The maximum atomic E-state index is 11.8. The number of quaternary nitrogens is 1. The molecule has 0 heterocycles.